The Morgan fingerprint density at radius 2 is 1.62 bits per heavy atom. The van der Waals surface area contributed by atoms with Crippen LogP contribution in [0.3, 0.4) is 0 Å². The summed E-state index contributed by atoms with van der Waals surface area (Å²) in [4.78, 5) is 29.0. The van der Waals surface area contributed by atoms with Crippen LogP contribution in [0.4, 0.5) is 5.69 Å². The van der Waals surface area contributed by atoms with Gasteiger partial charge in [0.05, 0.1) is 11.2 Å². The summed E-state index contributed by atoms with van der Waals surface area (Å²) in [6.07, 6.45) is 2.56. The van der Waals surface area contributed by atoms with Gasteiger partial charge in [-0.2, -0.15) is 0 Å². The summed E-state index contributed by atoms with van der Waals surface area (Å²) < 4.78 is 0. The van der Waals surface area contributed by atoms with Crippen LogP contribution >= 0.6 is 0 Å². The fraction of sp³-hybridized carbons (Fsp3) is 0.190. The van der Waals surface area contributed by atoms with Crippen LogP contribution < -0.4 is 10.6 Å². The molecule has 0 bridgehead atoms. The molecule has 3 rings (SSSR count). The van der Waals surface area contributed by atoms with Gasteiger partial charge in [0.25, 0.3) is 11.8 Å². The molecule has 0 radical (unpaired) electrons. The molecule has 5 heteroatoms. The number of fused-ring (bicyclic) bond motifs is 1. The van der Waals surface area contributed by atoms with Crippen molar-refractivity contribution < 1.29 is 9.59 Å². The second-order valence-corrected chi connectivity index (χ2v) is 6.19. The average Bonchev–Trinajstić information content (AvgIpc) is 2.68. The van der Waals surface area contributed by atoms with Gasteiger partial charge < -0.3 is 10.6 Å². The van der Waals surface area contributed by atoms with E-state index >= 15 is 0 Å². The summed E-state index contributed by atoms with van der Waals surface area (Å²) in [5.41, 5.74) is 2.42. The minimum atomic E-state index is -0.239. The lowest BCUT2D eigenvalue weighted by Gasteiger charge is -2.12. The Kier molecular flexibility index (Phi) is 5.27. The van der Waals surface area contributed by atoms with E-state index in [4.69, 9.17) is 0 Å². The minimum Gasteiger partial charge on any atom is -0.350 e. The Morgan fingerprint density at radius 1 is 0.962 bits per heavy atom. The zero-order chi connectivity index (χ0) is 18.5. The number of hydrogen-bond acceptors (Lipinski definition) is 3. The van der Waals surface area contributed by atoms with Crippen molar-refractivity contribution in [2.24, 2.45) is 0 Å². The van der Waals surface area contributed by atoms with E-state index in [1.54, 1.807) is 30.5 Å². The molecule has 1 atom stereocenters. The van der Waals surface area contributed by atoms with Gasteiger partial charge in [0.1, 0.15) is 0 Å². The molecule has 0 aliphatic carbocycles. The predicted octanol–water partition coefficient (Wildman–Crippen LogP) is 4.02. The first-order valence-electron chi connectivity index (χ1n) is 8.64. The van der Waals surface area contributed by atoms with E-state index in [2.05, 4.69) is 15.6 Å². The normalized spacial score (nSPS) is 11.8. The first kappa shape index (κ1) is 17.6. The second-order valence-electron chi connectivity index (χ2n) is 6.19. The van der Waals surface area contributed by atoms with Gasteiger partial charge in [-0.15, -0.1) is 0 Å². The number of carbonyl (C=O) groups is 2. The molecule has 0 aliphatic rings. The highest BCUT2D eigenvalue weighted by atomic mass is 16.2. The molecule has 3 aromatic rings. The quantitative estimate of drug-likeness (QED) is 0.732. The van der Waals surface area contributed by atoms with Crippen LogP contribution in [0.2, 0.25) is 0 Å². The van der Waals surface area contributed by atoms with Crippen LogP contribution in [0.25, 0.3) is 10.9 Å². The van der Waals surface area contributed by atoms with E-state index < -0.39 is 0 Å². The van der Waals surface area contributed by atoms with Gasteiger partial charge >= 0.3 is 0 Å². The van der Waals surface area contributed by atoms with Crippen LogP contribution in [0.15, 0.2) is 60.8 Å². The van der Waals surface area contributed by atoms with Crippen LogP contribution in [-0.2, 0) is 0 Å². The van der Waals surface area contributed by atoms with Crippen molar-refractivity contribution in [3.8, 4) is 0 Å². The molecule has 5 nitrogen and oxygen atoms in total. The zero-order valence-electron chi connectivity index (χ0n) is 14.8. The van der Waals surface area contributed by atoms with Crippen molar-refractivity contribution in [2.75, 3.05) is 5.32 Å². The van der Waals surface area contributed by atoms with E-state index in [-0.39, 0.29) is 17.9 Å². The number of para-hydroxylation sites is 1. The third kappa shape index (κ3) is 3.88. The number of benzene rings is 2. The Balaban J connectivity index is 1.75. The molecule has 0 fully saturated rings. The molecule has 26 heavy (non-hydrogen) atoms. The average molecular weight is 347 g/mol. The highest BCUT2D eigenvalue weighted by Crippen LogP contribution is 2.21. The van der Waals surface area contributed by atoms with Crippen molar-refractivity contribution in [3.63, 3.8) is 0 Å². The van der Waals surface area contributed by atoms with Crippen LogP contribution in [0.5, 0.6) is 0 Å². The predicted molar refractivity (Wildman–Crippen MR) is 103 cm³/mol. The van der Waals surface area contributed by atoms with E-state index in [0.717, 1.165) is 17.3 Å². The van der Waals surface area contributed by atoms with Gasteiger partial charge in [-0.3, -0.25) is 14.6 Å². The maximum atomic E-state index is 12.5. The van der Waals surface area contributed by atoms with Crippen LogP contribution in [0, 0.1) is 0 Å². The second kappa shape index (κ2) is 7.78. The number of hydrogen-bond donors (Lipinski definition) is 2. The Labute approximate surface area is 152 Å². The lowest BCUT2D eigenvalue weighted by molar-refractivity contribution is 0.0937. The Morgan fingerprint density at radius 3 is 2.31 bits per heavy atom. The summed E-state index contributed by atoms with van der Waals surface area (Å²) in [5.74, 6) is -0.374. The molecule has 132 valence electrons. The lowest BCUT2D eigenvalue weighted by Crippen LogP contribution is -2.31. The topological polar surface area (TPSA) is 71.1 Å². The van der Waals surface area contributed by atoms with Crippen LogP contribution in [-0.4, -0.2) is 22.8 Å². The fourth-order valence-corrected chi connectivity index (χ4v) is 2.58. The molecule has 1 unspecified atom stereocenters. The Bertz CT molecular complexity index is 930. The lowest BCUT2D eigenvalue weighted by atomic mass is 10.1. The molecular weight excluding hydrogens is 326 g/mol. The minimum absolute atomic E-state index is 0.115. The first-order valence-corrected chi connectivity index (χ1v) is 8.64. The Hall–Kier alpha value is -3.21. The maximum absolute atomic E-state index is 12.5. The zero-order valence-corrected chi connectivity index (χ0v) is 14.8. The molecule has 0 aliphatic heterocycles. The van der Waals surface area contributed by atoms with Gasteiger partial charge in [0.15, 0.2) is 0 Å². The van der Waals surface area contributed by atoms with Crippen molar-refractivity contribution >= 4 is 28.4 Å². The fourth-order valence-electron chi connectivity index (χ4n) is 2.58. The number of nitrogens with zero attached hydrogens (tertiary/aromatic N) is 1. The molecule has 0 saturated heterocycles. The molecule has 2 amide bonds. The third-order valence-electron chi connectivity index (χ3n) is 4.28. The summed E-state index contributed by atoms with van der Waals surface area (Å²) in [6, 6.07) is 16.2. The van der Waals surface area contributed by atoms with Crippen molar-refractivity contribution in [3.05, 3.63) is 71.9 Å². The molecular formula is C21H21N3O2. The van der Waals surface area contributed by atoms with E-state index in [1.807, 2.05) is 44.2 Å². The molecule has 0 spiro atoms. The largest absolute Gasteiger partial charge is 0.350 e. The highest BCUT2D eigenvalue weighted by molar-refractivity contribution is 6.08. The van der Waals surface area contributed by atoms with E-state index in [9.17, 15) is 9.59 Å². The van der Waals surface area contributed by atoms with Gasteiger partial charge in [-0.25, -0.2) is 0 Å². The van der Waals surface area contributed by atoms with Gasteiger partial charge in [0, 0.05) is 28.8 Å². The maximum Gasteiger partial charge on any atom is 0.255 e. The third-order valence-corrected chi connectivity index (χ3v) is 4.28. The van der Waals surface area contributed by atoms with Gasteiger partial charge in [-0.05, 0) is 49.7 Å². The van der Waals surface area contributed by atoms with Gasteiger partial charge in [0.2, 0.25) is 0 Å². The molecule has 1 aromatic heterocycles. The number of anilines is 1. The molecule has 2 aromatic carbocycles. The van der Waals surface area contributed by atoms with Gasteiger partial charge in [-0.1, -0.05) is 25.1 Å². The summed E-state index contributed by atoms with van der Waals surface area (Å²) in [7, 11) is 0. The standard InChI is InChI=1S/C21H21N3O2/c1-3-14(2)23-20(25)16-9-11-17(12-10-16)21(26)24-18-8-4-6-15-7-5-13-22-19(15)18/h4-14H,3H2,1-2H3,(H,23,25)(H,24,26). The van der Waals surface area contributed by atoms with E-state index in [1.165, 1.54) is 0 Å². The van der Waals surface area contributed by atoms with Crippen molar-refractivity contribution in [1.82, 2.24) is 10.3 Å². The molecule has 1 heterocycles. The van der Waals surface area contributed by atoms with Crippen molar-refractivity contribution in [1.29, 1.82) is 0 Å². The summed E-state index contributed by atoms with van der Waals surface area (Å²) in [6.45, 7) is 3.97. The number of rotatable bonds is 5. The van der Waals surface area contributed by atoms with Crippen molar-refractivity contribution in [2.45, 2.75) is 26.3 Å². The number of nitrogens with one attached hydrogen (secondary N) is 2. The summed E-state index contributed by atoms with van der Waals surface area (Å²) in [5, 5.41) is 6.76. The summed E-state index contributed by atoms with van der Waals surface area (Å²) >= 11 is 0. The number of aromatic nitrogens is 1. The number of pyridine rings is 1. The highest BCUT2D eigenvalue weighted by Gasteiger charge is 2.12. The molecule has 2 N–H and O–H groups in total. The number of amides is 2. The SMILES string of the molecule is CCC(C)NC(=O)c1ccc(C(=O)Nc2cccc3cccnc23)cc1. The van der Waals surface area contributed by atoms with E-state index in [0.29, 0.717) is 16.8 Å². The van der Waals surface area contributed by atoms with Crippen LogP contribution in [0.1, 0.15) is 41.0 Å². The smallest absolute Gasteiger partial charge is 0.255 e. The monoisotopic (exact) mass is 347 g/mol. The molecule has 0 saturated carbocycles. The first-order chi connectivity index (χ1) is 12.6. The number of carbonyl (C=O) groups excluding carboxylic acids is 2.